The van der Waals surface area contributed by atoms with E-state index in [1.807, 2.05) is 16.7 Å². The number of carbonyl (C=O) groups is 2. The van der Waals surface area contributed by atoms with Gasteiger partial charge in [-0.2, -0.15) is 0 Å². The number of fused-ring (bicyclic) bond motifs is 1. The van der Waals surface area contributed by atoms with Crippen molar-refractivity contribution in [3.05, 3.63) is 83.9 Å². The summed E-state index contributed by atoms with van der Waals surface area (Å²) in [6.45, 7) is 7.61. The first-order valence-electron chi connectivity index (χ1n) is 12.5. The highest BCUT2D eigenvalue weighted by molar-refractivity contribution is 6.14. The maximum absolute atomic E-state index is 13.1. The van der Waals surface area contributed by atoms with Crippen molar-refractivity contribution in [2.24, 2.45) is 5.92 Å². The molecule has 0 bridgehead atoms. The second-order valence-corrected chi connectivity index (χ2v) is 9.54. The minimum absolute atomic E-state index is 0.236. The molecule has 4 rings (SSSR count). The number of carbonyl (C=O) groups excluding carboxylic acids is 2. The van der Waals surface area contributed by atoms with E-state index in [1.165, 1.54) is 18.9 Å². The van der Waals surface area contributed by atoms with Gasteiger partial charge in [0.15, 0.2) is 5.69 Å². The molecule has 192 valence electrons. The number of methoxy groups -OCH3 is 1. The van der Waals surface area contributed by atoms with E-state index >= 15 is 0 Å². The van der Waals surface area contributed by atoms with Gasteiger partial charge < -0.3 is 19.9 Å². The highest BCUT2D eigenvalue weighted by atomic mass is 16.5. The number of esters is 1. The number of benzene rings is 1. The molecule has 0 aliphatic rings. The van der Waals surface area contributed by atoms with Crippen LogP contribution in [0.1, 0.15) is 59.5 Å². The number of hydrogen-bond acceptors (Lipinski definition) is 6. The van der Waals surface area contributed by atoms with Gasteiger partial charge in [-0.15, -0.1) is 0 Å². The van der Waals surface area contributed by atoms with E-state index in [-0.39, 0.29) is 17.5 Å². The number of ether oxygens (including phenoxy) is 1. The molecule has 0 fully saturated rings. The quantitative estimate of drug-likeness (QED) is 0.270. The van der Waals surface area contributed by atoms with E-state index in [0.717, 1.165) is 18.7 Å². The van der Waals surface area contributed by atoms with Crippen LogP contribution in [0.3, 0.4) is 0 Å². The Kier molecular flexibility index (Phi) is 8.18. The number of amides is 1. The summed E-state index contributed by atoms with van der Waals surface area (Å²) in [4.78, 5) is 34.7. The molecule has 3 aromatic heterocycles. The predicted molar refractivity (Wildman–Crippen MR) is 146 cm³/mol. The van der Waals surface area contributed by atoms with Gasteiger partial charge >= 0.3 is 5.97 Å². The first kappa shape index (κ1) is 25.9. The Balaban J connectivity index is 1.68. The molecule has 4 aromatic rings. The minimum Gasteiger partial charge on any atom is -0.464 e. The summed E-state index contributed by atoms with van der Waals surface area (Å²) in [7, 11) is 1.33. The predicted octanol–water partition coefficient (Wildman–Crippen LogP) is 5.73. The van der Waals surface area contributed by atoms with E-state index in [1.54, 1.807) is 24.5 Å². The maximum atomic E-state index is 13.1. The summed E-state index contributed by atoms with van der Waals surface area (Å²) in [6, 6.07) is 15.7. The second-order valence-electron chi connectivity index (χ2n) is 9.54. The van der Waals surface area contributed by atoms with Crippen LogP contribution in [0.15, 0.2) is 67.1 Å². The molecule has 0 saturated heterocycles. The van der Waals surface area contributed by atoms with E-state index in [4.69, 9.17) is 9.72 Å². The number of nitrogens with zero attached hydrogens (tertiary/aromatic N) is 3. The van der Waals surface area contributed by atoms with Crippen molar-refractivity contribution < 1.29 is 14.3 Å². The van der Waals surface area contributed by atoms with Gasteiger partial charge in [0.2, 0.25) is 0 Å². The first-order valence-corrected chi connectivity index (χ1v) is 12.5. The molecular weight excluding hydrogens is 466 g/mol. The Labute approximate surface area is 217 Å². The highest BCUT2D eigenvalue weighted by Gasteiger charge is 2.27. The lowest BCUT2D eigenvalue weighted by atomic mass is 9.98. The third-order valence-electron chi connectivity index (χ3n) is 6.26. The lowest BCUT2D eigenvalue weighted by molar-refractivity contribution is 0.0589. The third kappa shape index (κ3) is 5.97. The summed E-state index contributed by atoms with van der Waals surface area (Å²) in [5.74, 6) is -0.263. The molecule has 0 unspecified atom stereocenters. The smallest absolute Gasteiger partial charge is 0.356 e. The van der Waals surface area contributed by atoms with Crippen LogP contribution in [0.5, 0.6) is 0 Å². The van der Waals surface area contributed by atoms with Gasteiger partial charge in [-0.05, 0) is 42.0 Å². The average Bonchev–Trinajstić information content (AvgIpc) is 3.20. The Bertz CT molecular complexity index is 1370. The zero-order valence-electron chi connectivity index (χ0n) is 21.7. The Morgan fingerprint density at radius 2 is 1.84 bits per heavy atom. The van der Waals surface area contributed by atoms with Gasteiger partial charge in [0, 0.05) is 30.9 Å². The van der Waals surface area contributed by atoms with Crippen LogP contribution in [0.4, 0.5) is 11.4 Å². The number of nitrogens with one attached hydrogen (secondary N) is 2. The number of rotatable bonds is 10. The van der Waals surface area contributed by atoms with Crippen LogP contribution in [0, 0.1) is 5.92 Å². The van der Waals surface area contributed by atoms with Crippen LogP contribution >= 0.6 is 0 Å². The minimum atomic E-state index is -0.536. The van der Waals surface area contributed by atoms with Crippen LogP contribution in [0.2, 0.25) is 0 Å². The number of aromatic nitrogens is 3. The zero-order valence-corrected chi connectivity index (χ0v) is 21.7. The van der Waals surface area contributed by atoms with Crippen LogP contribution < -0.4 is 10.6 Å². The standard InChI is InChI=1S/C29H33N5O3/c1-19(2)18-34-26(29(36)37-4)25(33-28(35)22-11-8-13-30-16-22)24-15-23(17-32-27(24)34)31-14-12-20(3)21-9-6-5-7-10-21/h5-11,13,15-17,19-20,31H,12,14,18H2,1-4H3,(H,33,35)/t20-/m0/s1. The van der Waals surface area contributed by atoms with Crippen molar-refractivity contribution >= 4 is 34.3 Å². The van der Waals surface area contributed by atoms with Crippen molar-refractivity contribution in [3.8, 4) is 0 Å². The van der Waals surface area contributed by atoms with Crippen molar-refractivity contribution in [2.75, 3.05) is 24.3 Å². The molecule has 3 heterocycles. The van der Waals surface area contributed by atoms with Crippen molar-refractivity contribution in [3.63, 3.8) is 0 Å². The topological polar surface area (TPSA) is 98.1 Å². The monoisotopic (exact) mass is 499 g/mol. The van der Waals surface area contributed by atoms with Crippen LogP contribution in [-0.4, -0.2) is 40.1 Å². The SMILES string of the molecule is COC(=O)c1c(NC(=O)c2cccnc2)c2cc(NCC[C@H](C)c3ccccc3)cnc2n1CC(C)C. The van der Waals surface area contributed by atoms with E-state index in [0.29, 0.717) is 34.7 Å². The lowest BCUT2D eigenvalue weighted by Gasteiger charge is -2.13. The zero-order chi connectivity index (χ0) is 26.4. The maximum Gasteiger partial charge on any atom is 0.356 e. The van der Waals surface area contributed by atoms with Gasteiger partial charge in [0.1, 0.15) is 5.65 Å². The first-order chi connectivity index (χ1) is 17.9. The highest BCUT2D eigenvalue weighted by Crippen LogP contribution is 2.34. The Morgan fingerprint density at radius 1 is 1.05 bits per heavy atom. The van der Waals surface area contributed by atoms with Crippen molar-refractivity contribution in [2.45, 2.75) is 39.7 Å². The molecule has 1 amide bonds. The van der Waals surface area contributed by atoms with E-state index in [9.17, 15) is 9.59 Å². The fraction of sp³-hybridized carbons (Fsp3) is 0.310. The van der Waals surface area contributed by atoms with Crippen molar-refractivity contribution in [1.29, 1.82) is 0 Å². The molecule has 0 aliphatic carbocycles. The lowest BCUT2D eigenvalue weighted by Crippen LogP contribution is -2.18. The summed E-state index contributed by atoms with van der Waals surface area (Å²) in [5.41, 5.74) is 3.75. The molecule has 1 atom stereocenters. The summed E-state index contributed by atoms with van der Waals surface area (Å²) in [6.07, 6.45) is 5.79. The number of pyridine rings is 2. The van der Waals surface area contributed by atoms with Gasteiger partial charge in [-0.3, -0.25) is 9.78 Å². The molecule has 0 saturated carbocycles. The molecule has 8 nitrogen and oxygen atoms in total. The number of hydrogen-bond donors (Lipinski definition) is 2. The fourth-order valence-electron chi connectivity index (χ4n) is 4.36. The molecule has 1 aromatic carbocycles. The number of anilines is 2. The summed E-state index contributed by atoms with van der Waals surface area (Å²) in [5, 5.41) is 7.05. The molecule has 0 spiro atoms. The van der Waals surface area contributed by atoms with Gasteiger partial charge in [0.25, 0.3) is 5.91 Å². The molecule has 0 radical (unpaired) electrons. The van der Waals surface area contributed by atoms with E-state index < -0.39 is 5.97 Å². The van der Waals surface area contributed by atoms with Crippen LogP contribution in [0.25, 0.3) is 11.0 Å². The Morgan fingerprint density at radius 3 is 2.51 bits per heavy atom. The van der Waals surface area contributed by atoms with E-state index in [2.05, 4.69) is 60.7 Å². The molecule has 8 heteroatoms. The molecular formula is C29H33N5O3. The second kappa shape index (κ2) is 11.7. The van der Waals surface area contributed by atoms with Gasteiger partial charge in [0.05, 0.1) is 30.2 Å². The van der Waals surface area contributed by atoms with Gasteiger partial charge in [-0.25, -0.2) is 9.78 Å². The molecule has 37 heavy (non-hydrogen) atoms. The van der Waals surface area contributed by atoms with Crippen molar-refractivity contribution in [1.82, 2.24) is 14.5 Å². The third-order valence-corrected chi connectivity index (χ3v) is 6.26. The van der Waals surface area contributed by atoms with Crippen LogP contribution in [-0.2, 0) is 11.3 Å². The Hall–Kier alpha value is -4.20. The van der Waals surface area contributed by atoms with Gasteiger partial charge in [-0.1, -0.05) is 51.1 Å². The fourth-order valence-corrected chi connectivity index (χ4v) is 4.36. The molecule has 0 aliphatic heterocycles. The molecule has 2 N–H and O–H groups in total. The summed E-state index contributed by atoms with van der Waals surface area (Å²) >= 11 is 0. The summed E-state index contributed by atoms with van der Waals surface area (Å²) < 4.78 is 6.94. The normalized spacial score (nSPS) is 11.9. The largest absolute Gasteiger partial charge is 0.464 e. The average molecular weight is 500 g/mol.